The smallest absolute Gasteiger partial charge is 0.331 e. The number of rotatable bonds is 3. The molecule has 1 fully saturated rings. The number of ether oxygens (including phenoxy) is 1. The summed E-state index contributed by atoms with van der Waals surface area (Å²) in [7, 11) is 1.24. The zero-order valence-electron chi connectivity index (χ0n) is 12.2. The Balaban J connectivity index is 1.72. The van der Waals surface area contributed by atoms with Crippen LogP contribution < -0.4 is 5.32 Å². The highest BCUT2D eigenvalue weighted by atomic mass is 127. The SMILES string of the molecule is COC(=O)/C=C1/S/C(=N\N=Cc2ccc3c(I)[nH]nc3c2)NC1=O. The second-order valence-corrected chi connectivity index (χ2v) is 6.66. The molecule has 1 amide bonds. The van der Waals surface area contributed by atoms with E-state index >= 15 is 0 Å². The highest BCUT2D eigenvalue weighted by molar-refractivity contribution is 14.1. The van der Waals surface area contributed by atoms with Gasteiger partial charge >= 0.3 is 5.97 Å². The zero-order chi connectivity index (χ0) is 17.1. The van der Waals surface area contributed by atoms with E-state index in [-0.39, 0.29) is 4.91 Å². The third kappa shape index (κ3) is 3.64. The summed E-state index contributed by atoms with van der Waals surface area (Å²) in [6, 6.07) is 5.71. The maximum Gasteiger partial charge on any atom is 0.331 e. The summed E-state index contributed by atoms with van der Waals surface area (Å²) in [5.41, 5.74) is 1.66. The maximum absolute atomic E-state index is 11.7. The number of thioether (sulfide) groups is 1. The summed E-state index contributed by atoms with van der Waals surface area (Å²) in [6.45, 7) is 0. The predicted molar refractivity (Wildman–Crippen MR) is 99.7 cm³/mol. The van der Waals surface area contributed by atoms with E-state index in [1.807, 2.05) is 18.2 Å². The van der Waals surface area contributed by atoms with Gasteiger partial charge in [-0.25, -0.2) is 4.79 Å². The van der Waals surface area contributed by atoms with Gasteiger partial charge in [-0.05, 0) is 52.0 Å². The van der Waals surface area contributed by atoms with E-state index in [1.54, 1.807) is 6.21 Å². The monoisotopic (exact) mass is 455 g/mol. The third-order valence-corrected chi connectivity index (χ3v) is 4.71. The molecular weight excluding hydrogens is 445 g/mol. The molecule has 2 aromatic rings. The third-order valence-electron chi connectivity index (χ3n) is 2.99. The molecule has 0 saturated carbocycles. The molecule has 2 heterocycles. The quantitative estimate of drug-likeness (QED) is 0.241. The van der Waals surface area contributed by atoms with Crippen molar-refractivity contribution in [2.24, 2.45) is 10.2 Å². The lowest BCUT2D eigenvalue weighted by molar-refractivity contribution is -0.135. The van der Waals surface area contributed by atoms with Gasteiger partial charge in [0.15, 0.2) is 5.17 Å². The Bertz CT molecular complexity index is 918. The number of aromatic amines is 1. The van der Waals surface area contributed by atoms with Gasteiger partial charge in [-0.2, -0.15) is 10.2 Å². The van der Waals surface area contributed by atoms with Gasteiger partial charge in [0.2, 0.25) is 0 Å². The van der Waals surface area contributed by atoms with Crippen molar-refractivity contribution in [1.82, 2.24) is 15.5 Å². The summed E-state index contributed by atoms with van der Waals surface area (Å²) in [6.07, 6.45) is 2.67. The van der Waals surface area contributed by atoms with Crippen LogP contribution in [0.2, 0.25) is 0 Å². The fraction of sp³-hybridized carbons (Fsp3) is 0.0714. The van der Waals surface area contributed by atoms with E-state index in [2.05, 4.69) is 53.0 Å². The average Bonchev–Trinajstić information content (AvgIpc) is 3.10. The lowest BCUT2D eigenvalue weighted by atomic mass is 10.2. The van der Waals surface area contributed by atoms with Gasteiger partial charge in [-0.15, -0.1) is 5.10 Å². The van der Waals surface area contributed by atoms with Crippen LogP contribution in [0, 0.1) is 3.70 Å². The second-order valence-electron chi connectivity index (χ2n) is 4.55. The highest BCUT2D eigenvalue weighted by Gasteiger charge is 2.24. The number of carbonyl (C=O) groups is 2. The van der Waals surface area contributed by atoms with E-state index in [0.29, 0.717) is 5.17 Å². The number of hydrogen-bond acceptors (Lipinski definition) is 7. The van der Waals surface area contributed by atoms with Gasteiger partial charge in [0.05, 0.1) is 23.7 Å². The van der Waals surface area contributed by atoms with Gasteiger partial charge in [-0.1, -0.05) is 6.07 Å². The molecule has 0 radical (unpaired) electrons. The van der Waals surface area contributed by atoms with Crippen LogP contribution in [0.4, 0.5) is 0 Å². The molecule has 24 heavy (non-hydrogen) atoms. The van der Waals surface area contributed by atoms with E-state index < -0.39 is 11.9 Å². The van der Waals surface area contributed by atoms with Crippen molar-refractivity contribution in [3.8, 4) is 0 Å². The number of aromatic nitrogens is 2. The van der Waals surface area contributed by atoms with Crippen LogP contribution in [0.15, 0.2) is 39.4 Å². The minimum absolute atomic E-state index is 0.211. The minimum Gasteiger partial charge on any atom is -0.466 e. The first-order valence-electron chi connectivity index (χ1n) is 6.60. The number of halogens is 1. The molecule has 3 rings (SSSR count). The largest absolute Gasteiger partial charge is 0.466 e. The van der Waals surface area contributed by atoms with Crippen LogP contribution in [0.5, 0.6) is 0 Å². The molecule has 0 unspecified atom stereocenters. The summed E-state index contributed by atoms with van der Waals surface area (Å²) >= 11 is 3.20. The Kier molecular flexibility index (Phi) is 4.94. The Morgan fingerprint density at radius 1 is 1.46 bits per heavy atom. The molecule has 10 heteroatoms. The molecule has 0 aliphatic carbocycles. The molecule has 8 nitrogen and oxygen atoms in total. The summed E-state index contributed by atoms with van der Waals surface area (Å²) < 4.78 is 5.46. The van der Waals surface area contributed by atoms with Gasteiger partial charge < -0.3 is 4.74 Å². The van der Waals surface area contributed by atoms with Gasteiger partial charge in [0.25, 0.3) is 5.91 Å². The van der Waals surface area contributed by atoms with Crippen LogP contribution in [-0.4, -0.2) is 40.6 Å². The van der Waals surface area contributed by atoms with Crippen molar-refractivity contribution in [2.75, 3.05) is 7.11 Å². The Morgan fingerprint density at radius 3 is 3.08 bits per heavy atom. The number of nitrogens with one attached hydrogen (secondary N) is 2. The fourth-order valence-electron chi connectivity index (χ4n) is 1.87. The van der Waals surface area contributed by atoms with Crippen LogP contribution >= 0.6 is 34.4 Å². The van der Waals surface area contributed by atoms with Gasteiger partial charge in [-0.3, -0.25) is 15.2 Å². The van der Waals surface area contributed by atoms with E-state index in [1.165, 1.54) is 7.11 Å². The van der Waals surface area contributed by atoms with Crippen molar-refractivity contribution in [3.63, 3.8) is 0 Å². The van der Waals surface area contributed by atoms with Crippen LogP contribution in [0.25, 0.3) is 10.9 Å². The van der Waals surface area contributed by atoms with Gasteiger partial charge in [0.1, 0.15) is 3.70 Å². The number of fused-ring (bicyclic) bond motifs is 1. The van der Waals surface area contributed by atoms with Crippen molar-refractivity contribution in [2.45, 2.75) is 0 Å². The molecule has 1 saturated heterocycles. The number of carbonyl (C=O) groups excluding carboxylic acids is 2. The minimum atomic E-state index is -0.598. The Hall–Kier alpha value is -2.21. The molecule has 1 aromatic carbocycles. The Labute approximate surface area is 154 Å². The second kappa shape index (κ2) is 7.13. The molecule has 1 aliphatic rings. The number of hydrogen-bond donors (Lipinski definition) is 2. The number of amides is 1. The number of benzene rings is 1. The van der Waals surface area contributed by atoms with Crippen molar-refractivity contribution in [1.29, 1.82) is 0 Å². The molecule has 2 N–H and O–H groups in total. The molecule has 122 valence electrons. The van der Waals surface area contributed by atoms with Crippen molar-refractivity contribution < 1.29 is 14.3 Å². The lowest BCUT2D eigenvalue weighted by Crippen LogP contribution is -2.19. The number of nitrogens with zero attached hydrogens (tertiary/aromatic N) is 3. The van der Waals surface area contributed by atoms with E-state index in [9.17, 15) is 9.59 Å². The van der Waals surface area contributed by atoms with Crippen molar-refractivity contribution in [3.05, 3.63) is 38.4 Å². The molecule has 0 spiro atoms. The number of amidine groups is 1. The summed E-state index contributed by atoms with van der Waals surface area (Å²) in [4.78, 5) is 23.0. The molecule has 1 aromatic heterocycles. The average molecular weight is 455 g/mol. The number of H-pyrrole nitrogens is 1. The molecule has 0 atom stereocenters. The Morgan fingerprint density at radius 2 is 2.29 bits per heavy atom. The predicted octanol–water partition coefficient (Wildman–Crippen LogP) is 1.78. The summed E-state index contributed by atoms with van der Waals surface area (Å²) in [5, 5.41) is 18.8. The number of esters is 1. The van der Waals surface area contributed by atoms with Crippen LogP contribution in [0.1, 0.15) is 5.56 Å². The first-order chi connectivity index (χ1) is 11.6. The zero-order valence-corrected chi connectivity index (χ0v) is 15.2. The standard InChI is InChI=1S/C14H10IN5O3S/c1-23-11(21)5-10-13(22)17-14(24-10)20-16-6-7-2-3-8-9(4-7)18-19-12(8)15/h2-6H,1H3,(H,18,19)(H,17,20,22)/b10-5+,16-6?. The van der Waals surface area contributed by atoms with E-state index in [0.717, 1.165) is 38.0 Å². The van der Waals surface area contributed by atoms with Gasteiger partial charge in [0, 0.05) is 11.5 Å². The fourth-order valence-corrected chi connectivity index (χ4v) is 3.18. The normalized spacial score (nSPS) is 18.0. The summed E-state index contributed by atoms with van der Waals surface area (Å²) in [5.74, 6) is -1.01. The lowest BCUT2D eigenvalue weighted by Gasteiger charge is -1.92. The first-order valence-corrected chi connectivity index (χ1v) is 8.50. The molecule has 1 aliphatic heterocycles. The maximum atomic E-state index is 11.7. The van der Waals surface area contributed by atoms with Crippen LogP contribution in [0.3, 0.4) is 0 Å². The van der Waals surface area contributed by atoms with Crippen molar-refractivity contribution >= 4 is 68.5 Å². The van der Waals surface area contributed by atoms with Crippen LogP contribution in [-0.2, 0) is 14.3 Å². The number of methoxy groups -OCH3 is 1. The van der Waals surface area contributed by atoms with E-state index in [4.69, 9.17) is 0 Å². The molecule has 0 bridgehead atoms. The topological polar surface area (TPSA) is 109 Å². The highest BCUT2D eigenvalue weighted by Crippen LogP contribution is 2.23. The molecular formula is C14H10IN5O3S. The first kappa shape index (κ1) is 16.6.